The summed E-state index contributed by atoms with van der Waals surface area (Å²) in [7, 11) is 0. The summed E-state index contributed by atoms with van der Waals surface area (Å²) in [5.74, 6) is -1.68. The maximum atomic E-state index is 11.9. The third kappa shape index (κ3) is 2.78. The number of carbonyl (C=O) groups is 2. The zero-order valence-electron chi connectivity index (χ0n) is 12.6. The van der Waals surface area contributed by atoms with Gasteiger partial charge in [0.15, 0.2) is 5.54 Å². The molecule has 0 amide bonds. The molecule has 118 valence electrons. The Morgan fingerprint density at radius 3 is 2.73 bits per heavy atom. The second-order valence-corrected chi connectivity index (χ2v) is 5.68. The van der Waals surface area contributed by atoms with Crippen molar-refractivity contribution in [2.24, 2.45) is 5.10 Å². The monoisotopic (exact) mass is 324 g/mol. The quantitative estimate of drug-likeness (QED) is 0.861. The van der Waals surface area contributed by atoms with Crippen LogP contribution in [0.4, 0.5) is 5.69 Å². The molecule has 6 nitrogen and oxygen atoms in total. The summed E-state index contributed by atoms with van der Waals surface area (Å²) in [4.78, 5) is 23.5. The summed E-state index contributed by atoms with van der Waals surface area (Å²) in [5.41, 5.74) is 0.111. The third-order valence-electron chi connectivity index (χ3n) is 3.57. The van der Waals surface area contributed by atoms with E-state index in [1.54, 1.807) is 25.1 Å². The predicted molar refractivity (Wildman–Crippen MR) is 83.4 cm³/mol. The number of aliphatic carboxylic acids is 1. The second-order valence-electron chi connectivity index (χ2n) is 5.27. The summed E-state index contributed by atoms with van der Waals surface area (Å²) in [6.45, 7) is 5.25. The van der Waals surface area contributed by atoms with Crippen LogP contribution in [0.5, 0.6) is 0 Å². The molecule has 0 bridgehead atoms. The highest BCUT2D eigenvalue weighted by molar-refractivity contribution is 6.38. The lowest BCUT2D eigenvalue weighted by molar-refractivity contribution is -0.142. The Balaban J connectivity index is 2.45. The van der Waals surface area contributed by atoms with Crippen molar-refractivity contribution >= 4 is 34.9 Å². The Kier molecular flexibility index (Phi) is 4.42. The Bertz CT molecular complexity index is 659. The lowest BCUT2D eigenvalue weighted by atomic mass is 9.95. The highest BCUT2D eigenvalue weighted by Crippen LogP contribution is 2.35. The number of esters is 1. The number of ether oxygens (including phenoxy) is 1. The summed E-state index contributed by atoms with van der Waals surface area (Å²) in [6.07, 6.45) is -0.0351. The van der Waals surface area contributed by atoms with Gasteiger partial charge in [-0.05, 0) is 38.5 Å². The average Bonchev–Trinajstić information content (AvgIpc) is 2.82. The Labute approximate surface area is 133 Å². The average molecular weight is 325 g/mol. The van der Waals surface area contributed by atoms with E-state index in [9.17, 15) is 14.7 Å². The van der Waals surface area contributed by atoms with Crippen LogP contribution in [0.15, 0.2) is 23.3 Å². The Morgan fingerprint density at radius 1 is 1.50 bits per heavy atom. The number of hydrazone groups is 1. The number of hydrogen-bond acceptors (Lipinski definition) is 5. The van der Waals surface area contributed by atoms with Crippen LogP contribution in [0, 0.1) is 6.92 Å². The van der Waals surface area contributed by atoms with Crippen molar-refractivity contribution in [3.8, 4) is 0 Å². The minimum atomic E-state index is -1.36. The molecule has 1 aliphatic rings. The van der Waals surface area contributed by atoms with Crippen molar-refractivity contribution in [3.05, 3.63) is 28.8 Å². The van der Waals surface area contributed by atoms with E-state index in [-0.39, 0.29) is 18.7 Å². The smallest absolute Gasteiger partial charge is 0.354 e. The van der Waals surface area contributed by atoms with Crippen molar-refractivity contribution < 1.29 is 19.4 Å². The standard InChI is InChI=1S/C15H17ClN2O4/c1-4-22-13(19)12-8-15(3,14(20)21)18(17-12)10-6-5-9(2)11(16)7-10/h5-7H,4,8H2,1-3H3,(H,20,21)/t15-/m1/s1. The van der Waals surface area contributed by atoms with Gasteiger partial charge in [0.1, 0.15) is 5.71 Å². The van der Waals surface area contributed by atoms with Crippen molar-refractivity contribution in [2.75, 3.05) is 11.6 Å². The first-order chi connectivity index (χ1) is 10.3. The van der Waals surface area contributed by atoms with Crippen LogP contribution in [0.3, 0.4) is 0 Å². The summed E-state index contributed by atoms with van der Waals surface area (Å²) < 4.78 is 4.91. The number of halogens is 1. The number of hydrogen-bond donors (Lipinski definition) is 1. The molecule has 0 aliphatic carbocycles. The molecule has 0 aromatic heterocycles. The Hall–Kier alpha value is -2.08. The molecule has 7 heteroatoms. The van der Waals surface area contributed by atoms with E-state index < -0.39 is 17.5 Å². The SMILES string of the molecule is CCOC(=O)C1=NN(c2ccc(C)c(Cl)c2)[C@@](C)(C(=O)O)C1. The van der Waals surface area contributed by atoms with E-state index in [1.807, 2.05) is 6.92 Å². The molecule has 0 saturated carbocycles. The van der Waals surface area contributed by atoms with Gasteiger partial charge < -0.3 is 9.84 Å². The van der Waals surface area contributed by atoms with E-state index in [4.69, 9.17) is 16.3 Å². The molecule has 1 N–H and O–H groups in total. The summed E-state index contributed by atoms with van der Waals surface area (Å²) in [5, 5.41) is 15.5. The first kappa shape index (κ1) is 16.3. The maximum Gasteiger partial charge on any atom is 0.354 e. The molecular weight excluding hydrogens is 308 g/mol. The van der Waals surface area contributed by atoms with Gasteiger partial charge in [0, 0.05) is 11.4 Å². The minimum absolute atomic E-state index is 0.0351. The molecule has 1 heterocycles. The first-order valence-electron chi connectivity index (χ1n) is 6.84. The maximum absolute atomic E-state index is 11.9. The number of carboxylic acid groups (broad SMARTS) is 1. The minimum Gasteiger partial charge on any atom is -0.479 e. The topological polar surface area (TPSA) is 79.2 Å². The van der Waals surface area contributed by atoms with Gasteiger partial charge in [-0.25, -0.2) is 14.6 Å². The molecule has 22 heavy (non-hydrogen) atoms. The number of carbonyl (C=O) groups excluding carboxylic acids is 1. The Morgan fingerprint density at radius 2 is 2.18 bits per heavy atom. The number of rotatable bonds is 4. The van der Waals surface area contributed by atoms with Crippen LogP contribution >= 0.6 is 11.6 Å². The van der Waals surface area contributed by atoms with Crippen LogP contribution in [-0.2, 0) is 14.3 Å². The molecule has 0 radical (unpaired) electrons. The molecule has 0 unspecified atom stereocenters. The zero-order valence-corrected chi connectivity index (χ0v) is 13.3. The van der Waals surface area contributed by atoms with Crippen molar-refractivity contribution in [1.29, 1.82) is 0 Å². The van der Waals surface area contributed by atoms with E-state index >= 15 is 0 Å². The van der Waals surface area contributed by atoms with Crippen molar-refractivity contribution in [3.63, 3.8) is 0 Å². The lowest BCUT2D eigenvalue weighted by Gasteiger charge is -2.30. The molecule has 1 aromatic rings. The fraction of sp³-hybridized carbons (Fsp3) is 0.400. The summed E-state index contributed by atoms with van der Waals surface area (Å²) >= 11 is 6.10. The molecule has 2 rings (SSSR count). The lowest BCUT2D eigenvalue weighted by Crippen LogP contribution is -2.47. The molecular formula is C15H17ClN2O4. The van der Waals surface area contributed by atoms with Crippen molar-refractivity contribution in [1.82, 2.24) is 0 Å². The van der Waals surface area contributed by atoms with E-state index in [2.05, 4.69) is 5.10 Å². The molecule has 0 spiro atoms. The highest BCUT2D eigenvalue weighted by Gasteiger charge is 2.48. The second kappa shape index (κ2) is 5.96. The largest absolute Gasteiger partial charge is 0.479 e. The van der Waals surface area contributed by atoms with Gasteiger partial charge in [-0.3, -0.25) is 0 Å². The van der Waals surface area contributed by atoms with Crippen LogP contribution in [-0.4, -0.2) is 34.9 Å². The van der Waals surface area contributed by atoms with Gasteiger partial charge >= 0.3 is 11.9 Å². The number of benzene rings is 1. The predicted octanol–water partition coefficient (Wildman–Crippen LogP) is 2.62. The van der Waals surface area contributed by atoms with Crippen molar-refractivity contribution in [2.45, 2.75) is 32.7 Å². The van der Waals surface area contributed by atoms with E-state index in [1.165, 1.54) is 11.9 Å². The van der Waals surface area contributed by atoms with Gasteiger partial charge in [-0.1, -0.05) is 17.7 Å². The normalized spacial score (nSPS) is 20.7. The van der Waals surface area contributed by atoms with Gasteiger partial charge in [0.05, 0.1) is 12.3 Å². The molecule has 0 fully saturated rings. The summed E-state index contributed by atoms with van der Waals surface area (Å²) in [6, 6.07) is 5.13. The fourth-order valence-corrected chi connectivity index (χ4v) is 2.39. The van der Waals surface area contributed by atoms with Crippen LogP contribution < -0.4 is 5.01 Å². The number of carboxylic acids is 1. The highest BCUT2D eigenvalue weighted by atomic mass is 35.5. The van der Waals surface area contributed by atoms with Gasteiger partial charge in [0.25, 0.3) is 0 Å². The van der Waals surface area contributed by atoms with Gasteiger partial charge in [-0.15, -0.1) is 0 Å². The third-order valence-corrected chi connectivity index (χ3v) is 3.98. The van der Waals surface area contributed by atoms with Gasteiger partial charge in [0.2, 0.25) is 0 Å². The van der Waals surface area contributed by atoms with E-state index in [0.29, 0.717) is 10.7 Å². The van der Waals surface area contributed by atoms with Gasteiger partial charge in [-0.2, -0.15) is 5.10 Å². The van der Waals surface area contributed by atoms with Crippen LogP contribution in [0.1, 0.15) is 25.8 Å². The number of nitrogens with zero attached hydrogens (tertiary/aromatic N) is 2. The molecule has 1 atom stereocenters. The number of anilines is 1. The van der Waals surface area contributed by atoms with Crippen LogP contribution in [0.2, 0.25) is 5.02 Å². The van der Waals surface area contributed by atoms with Crippen LogP contribution in [0.25, 0.3) is 0 Å². The molecule has 1 aromatic carbocycles. The zero-order chi connectivity index (χ0) is 16.5. The fourth-order valence-electron chi connectivity index (χ4n) is 2.22. The first-order valence-corrected chi connectivity index (χ1v) is 7.21. The molecule has 1 aliphatic heterocycles. The van der Waals surface area contributed by atoms with E-state index in [0.717, 1.165) is 5.56 Å². The number of aryl methyl sites for hydroxylation is 1. The molecule has 0 saturated heterocycles.